The molecule has 0 atom stereocenters. The Balaban J connectivity index is 2.80. The number of nitrogens with one attached hydrogen (secondary N) is 1. The zero-order valence-electron chi connectivity index (χ0n) is 6.68. The molecule has 2 aromatic rings. The number of rotatable bonds is 1. The fourth-order valence-corrected chi connectivity index (χ4v) is 1.57. The lowest BCUT2D eigenvalue weighted by Crippen LogP contribution is -1.97. The minimum atomic E-state index is -4.51. The molecule has 0 bridgehead atoms. The van der Waals surface area contributed by atoms with E-state index in [2.05, 4.69) is 9.40 Å². The molecule has 1 aromatic heterocycles. The fourth-order valence-electron chi connectivity index (χ4n) is 1.08. The summed E-state index contributed by atoms with van der Waals surface area (Å²) in [7, 11) is -4.51. The van der Waals surface area contributed by atoms with Crippen molar-refractivity contribution >= 4 is 21.2 Å². The van der Waals surface area contributed by atoms with Crippen LogP contribution in [0.4, 0.5) is 0 Å². The molecule has 6 nitrogen and oxygen atoms in total. The van der Waals surface area contributed by atoms with Gasteiger partial charge in [0.2, 0.25) is 0 Å². The maximum Gasteiger partial charge on any atom is 0.417 e. The van der Waals surface area contributed by atoms with E-state index in [1.54, 1.807) is 0 Å². The van der Waals surface area contributed by atoms with E-state index in [9.17, 15) is 17.8 Å². The second kappa shape index (κ2) is 2.69. The van der Waals surface area contributed by atoms with E-state index in [0.717, 1.165) is 12.1 Å². The van der Waals surface area contributed by atoms with E-state index < -0.39 is 20.8 Å². The Hall–Kier alpha value is -1.60. The van der Waals surface area contributed by atoms with Crippen LogP contribution in [0.2, 0.25) is 0 Å². The van der Waals surface area contributed by atoms with E-state index in [-0.39, 0.29) is 5.58 Å². The van der Waals surface area contributed by atoms with Crippen molar-refractivity contribution in [3.63, 3.8) is 0 Å². The molecule has 1 heterocycles. The third-order valence-electron chi connectivity index (χ3n) is 1.68. The van der Waals surface area contributed by atoms with Crippen molar-refractivity contribution in [1.82, 2.24) is 4.98 Å². The molecular formula is C7H4NO5S-. The van der Waals surface area contributed by atoms with Gasteiger partial charge in [-0.15, -0.1) is 0 Å². The first-order chi connectivity index (χ1) is 6.47. The summed E-state index contributed by atoms with van der Waals surface area (Å²) in [5, 5.41) is 0. The molecule has 0 radical (unpaired) electrons. The van der Waals surface area contributed by atoms with Gasteiger partial charge in [0.05, 0.1) is 10.4 Å². The van der Waals surface area contributed by atoms with Gasteiger partial charge >= 0.3 is 5.76 Å². The van der Waals surface area contributed by atoms with Crippen molar-refractivity contribution in [2.75, 3.05) is 0 Å². The molecule has 7 heteroatoms. The molecule has 0 saturated heterocycles. The van der Waals surface area contributed by atoms with Crippen LogP contribution in [0.15, 0.2) is 32.3 Å². The standard InChI is InChI=1S/C7H5NO5S/c9-7-8-5-2-1-4(14(10,11)12)3-6(5)13-7/h1-3H,(H,8,9)(H,10,11,12)/p-1. The number of benzene rings is 1. The van der Waals surface area contributed by atoms with Crippen LogP contribution in [0.1, 0.15) is 0 Å². The second-order valence-electron chi connectivity index (χ2n) is 2.63. The molecule has 0 aliphatic rings. The van der Waals surface area contributed by atoms with Gasteiger partial charge in [0, 0.05) is 6.07 Å². The molecule has 0 amide bonds. The zero-order valence-corrected chi connectivity index (χ0v) is 7.50. The Labute approximate surface area is 77.9 Å². The maximum atomic E-state index is 10.7. The fraction of sp³-hybridized carbons (Fsp3) is 0. The highest BCUT2D eigenvalue weighted by molar-refractivity contribution is 7.85. The van der Waals surface area contributed by atoms with Gasteiger partial charge in [-0.3, -0.25) is 4.98 Å². The van der Waals surface area contributed by atoms with Gasteiger partial charge in [0.25, 0.3) is 0 Å². The number of fused-ring (bicyclic) bond motifs is 1. The molecule has 14 heavy (non-hydrogen) atoms. The molecule has 74 valence electrons. The predicted octanol–water partition coefficient (Wildman–Crippen LogP) is 0.0252. The van der Waals surface area contributed by atoms with E-state index in [4.69, 9.17) is 0 Å². The second-order valence-corrected chi connectivity index (χ2v) is 4.01. The van der Waals surface area contributed by atoms with Crippen LogP contribution >= 0.6 is 0 Å². The number of aromatic amines is 1. The van der Waals surface area contributed by atoms with Gasteiger partial charge in [0.1, 0.15) is 10.1 Å². The quantitative estimate of drug-likeness (QED) is 0.674. The highest BCUT2D eigenvalue weighted by Gasteiger charge is 2.05. The predicted molar refractivity (Wildman–Crippen MR) is 44.8 cm³/mol. The first-order valence-electron chi connectivity index (χ1n) is 3.55. The van der Waals surface area contributed by atoms with Crippen LogP contribution in [0.5, 0.6) is 0 Å². The summed E-state index contributed by atoms with van der Waals surface area (Å²) < 4.78 is 36.4. The minimum Gasteiger partial charge on any atom is -0.744 e. The van der Waals surface area contributed by atoms with Crippen molar-refractivity contribution in [3.05, 3.63) is 28.7 Å². The van der Waals surface area contributed by atoms with Gasteiger partial charge < -0.3 is 8.97 Å². The third-order valence-corrected chi connectivity index (χ3v) is 2.51. The molecule has 0 spiro atoms. The minimum absolute atomic E-state index is 0.0481. The summed E-state index contributed by atoms with van der Waals surface area (Å²) >= 11 is 0. The van der Waals surface area contributed by atoms with Crippen LogP contribution in [0.3, 0.4) is 0 Å². The number of hydrogen-bond acceptors (Lipinski definition) is 5. The van der Waals surface area contributed by atoms with Crippen molar-refractivity contribution in [1.29, 1.82) is 0 Å². The maximum absolute atomic E-state index is 10.7. The number of aromatic nitrogens is 1. The molecular weight excluding hydrogens is 210 g/mol. The smallest absolute Gasteiger partial charge is 0.417 e. The summed E-state index contributed by atoms with van der Waals surface area (Å²) in [5.74, 6) is -0.694. The first kappa shape index (κ1) is 8.97. The SMILES string of the molecule is O=c1[nH]c2ccc(S(=O)(=O)[O-])cc2o1. The lowest BCUT2D eigenvalue weighted by Gasteiger charge is -2.04. The van der Waals surface area contributed by atoms with Gasteiger partial charge in [-0.1, -0.05) is 0 Å². The lowest BCUT2D eigenvalue weighted by atomic mass is 10.3. The Morgan fingerprint density at radius 3 is 2.71 bits per heavy atom. The van der Waals surface area contributed by atoms with Crippen LogP contribution in [0.25, 0.3) is 11.1 Å². The van der Waals surface area contributed by atoms with Crippen molar-refractivity contribution in [2.24, 2.45) is 0 Å². The molecule has 0 unspecified atom stereocenters. The first-order valence-corrected chi connectivity index (χ1v) is 4.96. The molecule has 0 saturated carbocycles. The monoisotopic (exact) mass is 214 g/mol. The Kier molecular flexibility index (Phi) is 1.73. The number of hydrogen-bond donors (Lipinski definition) is 1. The van der Waals surface area contributed by atoms with Crippen LogP contribution in [-0.4, -0.2) is 18.0 Å². The van der Waals surface area contributed by atoms with Crippen LogP contribution in [0, 0.1) is 0 Å². The largest absolute Gasteiger partial charge is 0.744 e. The van der Waals surface area contributed by atoms with E-state index >= 15 is 0 Å². The van der Waals surface area contributed by atoms with Gasteiger partial charge in [-0.05, 0) is 12.1 Å². The molecule has 2 rings (SSSR count). The van der Waals surface area contributed by atoms with Crippen molar-refractivity contribution < 1.29 is 17.4 Å². The Bertz CT molecular complexity index is 635. The highest BCUT2D eigenvalue weighted by atomic mass is 32.2. The van der Waals surface area contributed by atoms with Gasteiger partial charge in [0.15, 0.2) is 5.58 Å². The summed E-state index contributed by atoms with van der Waals surface area (Å²) in [4.78, 5) is 12.6. The highest BCUT2D eigenvalue weighted by Crippen LogP contribution is 2.15. The average molecular weight is 214 g/mol. The summed E-state index contributed by atoms with van der Waals surface area (Å²) in [6.45, 7) is 0. The molecule has 1 N–H and O–H groups in total. The lowest BCUT2D eigenvalue weighted by molar-refractivity contribution is 0.462. The molecule has 1 aromatic carbocycles. The van der Waals surface area contributed by atoms with E-state index in [0.29, 0.717) is 5.52 Å². The number of H-pyrrole nitrogens is 1. The van der Waals surface area contributed by atoms with Gasteiger partial charge in [-0.2, -0.15) is 0 Å². The molecule has 0 fully saturated rings. The molecule has 0 aliphatic carbocycles. The van der Waals surface area contributed by atoms with Crippen LogP contribution in [-0.2, 0) is 10.1 Å². The Morgan fingerprint density at radius 2 is 2.07 bits per heavy atom. The summed E-state index contributed by atoms with van der Waals surface area (Å²) in [6.07, 6.45) is 0. The average Bonchev–Trinajstić information content (AvgIpc) is 2.41. The van der Waals surface area contributed by atoms with E-state index in [1.807, 2.05) is 0 Å². The third kappa shape index (κ3) is 1.42. The molecule has 0 aliphatic heterocycles. The zero-order chi connectivity index (χ0) is 10.3. The number of oxazole rings is 1. The topological polar surface area (TPSA) is 103 Å². The van der Waals surface area contributed by atoms with Crippen LogP contribution < -0.4 is 5.76 Å². The normalized spacial score (nSPS) is 12.1. The van der Waals surface area contributed by atoms with Crippen molar-refractivity contribution in [3.8, 4) is 0 Å². The summed E-state index contributed by atoms with van der Waals surface area (Å²) in [5.41, 5.74) is 0.398. The summed E-state index contributed by atoms with van der Waals surface area (Å²) in [6, 6.07) is 3.41. The van der Waals surface area contributed by atoms with Crippen molar-refractivity contribution in [2.45, 2.75) is 4.90 Å². The Morgan fingerprint density at radius 1 is 1.36 bits per heavy atom. The van der Waals surface area contributed by atoms with Gasteiger partial charge in [-0.25, -0.2) is 13.2 Å². The van der Waals surface area contributed by atoms with E-state index in [1.165, 1.54) is 6.07 Å².